The molecule has 1 aromatic carbocycles. The van der Waals surface area contributed by atoms with Crippen LogP contribution in [0, 0.1) is 0 Å². The summed E-state index contributed by atoms with van der Waals surface area (Å²) in [6.45, 7) is 8.73. The van der Waals surface area contributed by atoms with Crippen LogP contribution < -0.4 is 0 Å². The van der Waals surface area contributed by atoms with Gasteiger partial charge in [0, 0.05) is 32.7 Å². The molecule has 0 unspecified atom stereocenters. The minimum Gasteiger partial charge on any atom is -0.507 e. The van der Waals surface area contributed by atoms with Crippen LogP contribution in [-0.2, 0) is 11.3 Å². The van der Waals surface area contributed by atoms with Crippen LogP contribution in [0.25, 0.3) is 11.0 Å². The molecule has 1 amide bonds. The lowest BCUT2D eigenvalue weighted by molar-refractivity contribution is 0.0257. The minimum atomic E-state index is -0.508. The number of carbonyl (C=O) groups excluding carboxylic acids is 1. The van der Waals surface area contributed by atoms with Gasteiger partial charge in [0.2, 0.25) is 0 Å². The Morgan fingerprint density at radius 3 is 2.65 bits per heavy atom. The van der Waals surface area contributed by atoms with E-state index in [9.17, 15) is 15.0 Å². The van der Waals surface area contributed by atoms with Gasteiger partial charge in [-0.2, -0.15) is 0 Å². The number of ether oxygens (including phenoxy) is 1. The highest BCUT2D eigenvalue weighted by molar-refractivity contribution is 5.87. The van der Waals surface area contributed by atoms with Gasteiger partial charge in [-0.3, -0.25) is 4.90 Å². The SMILES string of the molecule is CC(C)(C)OC(=O)N1CCCN(Cc2c(O)ccc3c(O)coc23)CC1. The first-order valence-corrected chi connectivity index (χ1v) is 8.86. The molecule has 0 radical (unpaired) electrons. The van der Waals surface area contributed by atoms with E-state index in [1.54, 1.807) is 17.0 Å². The van der Waals surface area contributed by atoms with Crippen LogP contribution >= 0.6 is 0 Å². The van der Waals surface area contributed by atoms with Gasteiger partial charge >= 0.3 is 6.09 Å². The van der Waals surface area contributed by atoms with Gasteiger partial charge in [-0.1, -0.05) is 0 Å². The summed E-state index contributed by atoms with van der Waals surface area (Å²) in [5.41, 5.74) is 0.635. The molecule has 3 rings (SSSR count). The zero-order valence-corrected chi connectivity index (χ0v) is 15.5. The van der Waals surface area contributed by atoms with Gasteiger partial charge in [0.1, 0.15) is 23.2 Å². The van der Waals surface area contributed by atoms with Crippen molar-refractivity contribution in [2.45, 2.75) is 39.3 Å². The van der Waals surface area contributed by atoms with Gasteiger partial charge < -0.3 is 24.3 Å². The monoisotopic (exact) mass is 362 g/mol. The molecule has 2 N–H and O–H groups in total. The molecule has 26 heavy (non-hydrogen) atoms. The molecule has 1 aliphatic rings. The lowest BCUT2D eigenvalue weighted by atomic mass is 10.1. The molecule has 1 aliphatic heterocycles. The Hall–Kier alpha value is -2.41. The van der Waals surface area contributed by atoms with Crippen LogP contribution in [0.3, 0.4) is 0 Å². The number of furan rings is 1. The standard InChI is InChI=1S/C19H26N2O5/c1-19(2,3)26-18(24)21-8-4-7-20(9-10-21)11-14-15(22)6-5-13-16(23)12-25-17(13)14/h5-6,12,22-23H,4,7-11H2,1-3H3. The third-order valence-electron chi connectivity index (χ3n) is 4.42. The Bertz CT molecular complexity index is 793. The van der Waals surface area contributed by atoms with Crippen LogP contribution in [0.4, 0.5) is 4.79 Å². The number of phenolic OH excluding ortho intramolecular Hbond substituents is 1. The average Bonchev–Trinajstić information content (AvgIpc) is 2.78. The number of phenols is 1. The molecule has 0 atom stereocenters. The summed E-state index contributed by atoms with van der Waals surface area (Å²) < 4.78 is 10.9. The molecule has 7 nitrogen and oxygen atoms in total. The van der Waals surface area contributed by atoms with Crippen LogP contribution in [0.2, 0.25) is 0 Å². The van der Waals surface area contributed by atoms with Crippen LogP contribution in [-0.4, -0.2) is 57.9 Å². The zero-order chi connectivity index (χ0) is 18.9. The molecule has 2 aromatic rings. The highest BCUT2D eigenvalue weighted by Gasteiger charge is 2.25. The predicted octanol–water partition coefficient (Wildman–Crippen LogP) is 3.29. The Labute approximate surface area is 152 Å². The van der Waals surface area contributed by atoms with Crippen molar-refractivity contribution in [2.24, 2.45) is 0 Å². The smallest absolute Gasteiger partial charge is 0.410 e. The van der Waals surface area contributed by atoms with Crippen LogP contribution in [0.5, 0.6) is 11.5 Å². The minimum absolute atomic E-state index is 0.0632. The molecule has 0 saturated carbocycles. The first kappa shape index (κ1) is 18.4. The van der Waals surface area contributed by atoms with E-state index in [2.05, 4.69) is 4.90 Å². The van der Waals surface area contributed by atoms with Crippen LogP contribution in [0.1, 0.15) is 32.8 Å². The number of aromatic hydroxyl groups is 2. The van der Waals surface area contributed by atoms with E-state index < -0.39 is 5.60 Å². The number of amides is 1. The maximum absolute atomic E-state index is 12.3. The highest BCUT2D eigenvalue weighted by atomic mass is 16.6. The number of hydrogen-bond donors (Lipinski definition) is 2. The topological polar surface area (TPSA) is 86.4 Å². The van der Waals surface area contributed by atoms with Crippen molar-refractivity contribution in [1.82, 2.24) is 9.80 Å². The number of carbonyl (C=O) groups is 1. The number of fused-ring (bicyclic) bond motifs is 1. The second-order valence-electron chi connectivity index (χ2n) is 7.66. The Balaban J connectivity index is 1.69. The summed E-state index contributed by atoms with van der Waals surface area (Å²) in [5, 5.41) is 20.6. The second-order valence-corrected chi connectivity index (χ2v) is 7.66. The van der Waals surface area contributed by atoms with E-state index in [0.29, 0.717) is 42.7 Å². The molecule has 2 heterocycles. The zero-order valence-electron chi connectivity index (χ0n) is 15.5. The summed E-state index contributed by atoms with van der Waals surface area (Å²) in [6, 6.07) is 3.21. The third-order valence-corrected chi connectivity index (χ3v) is 4.42. The van der Waals surface area contributed by atoms with Crippen molar-refractivity contribution >= 4 is 17.1 Å². The van der Waals surface area contributed by atoms with Crippen LogP contribution in [0.15, 0.2) is 22.8 Å². The summed E-state index contributed by atoms with van der Waals surface area (Å²) >= 11 is 0. The molecule has 1 fully saturated rings. The molecular weight excluding hydrogens is 336 g/mol. The first-order valence-electron chi connectivity index (χ1n) is 8.86. The number of rotatable bonds is 2. The number of benzene rings is 1. The Morgan fingerprint density at radius 2 is 1.92 bits per heavy atom. The maximum atomic E-state index is 12.3. The molecule has 0 bridgehead atoms. The molecular formula is C19H26N2O5. The lowest BCUT2D eigenvalue weighted by Gasteiger charge is -2.26. The van der Waals surface area contributed by atoms with Gasteiger partial charge in [-0.25, -0.2) is 4.79 Å². The Kier molecular flexibility index (Phi) is 5.00. The molecule has 1 aromatic heterocycles. The quantitative estimate of drug-likeness (QED) is 0.853. The fraction of sp³-hybridized carbons (Fsp3) is 0.526. The summed E-state index contributed by atoms with van der Waals surface area (Å²) in [4.78, 5) is 16.2. The first-order chi connectivity index (χ1) is 12.2. The van der Waals surface area contributed by atoms with Gasteiger partial charge in [0.25, 0.3) is 0 Å². The van der Waals surface area contributed by atoms with E-state index >= 15 is 0 Å². The van der Waals surface area contributed by atoms with Gasteiger partial charge in [0.15, 0.2) is 5.75 Å². The van der Waals surface area contributed by atoms with Crippen molar-refractivity contribution in [3.05, 3.63) is 24.0 Å². The van der Waals surface area contributed by atoms with Crippen molar-refractivity contribution in [3.8, 4) is 11.5 Å². The normalized spacial score (nSPS) is 16.7. The summed E-state index contributed by atoms with van der Waals surface area (Å²) in [7, 11) is 0. The number of nitrogens with zero attached hydrogens (tertiary/aromatic N) is 2. The molecule has 7 heteroatoms. The fourth-order valence-electron chi connectivity index (χ4n) is 3.15. The van der Waals surface area contributed by atoms with Gasteiger partial charge in [0.05, 0.1) is 10.9 Å². The lowest BCUT2D eigenvalue weighted by Crippen LogP contribution is -2.39. The molecule has 1 saturated heterocycles. The van der Waals surface area contributed by atoms with E-state index in [-0.39, 0.29) is 17.6 Å². The van der Waals surface area contributed by atoms with E-state index in [0.717, 1.165) is 13.0 Å². The number of hydrogen-bond acceptors (Lipinski definition) is 6. The van der Waals surface area contributed by atoms with Gasteiger partial charge in [-0.15, -0.1) is 0 Å². The van der Waals surface area contributed by atoms with Crippen molar-refractivity contribution < 1.29 is 24.2 Å². The largest absolute Gasteiger partial charge is 0.507 e. The third kappa shape index (κ3) is 4.04. The summed E-state index contributed by atoms with van der Waals surface area (Å²) in [5.74, 6) is 0.202. The second kappa shape index (κ2) is 7.07. The fourth-order valence-corrected chi connectivity index (χ4v) is 3.15. The molecule has 142 valence electrons. The van der Waals surface area contributed by atoms with Crippen molar-refractivity contribution in [3.63, 3.8) is 0 Å². The van der Waals surface area contributed by atoms with Crippen molar-refractivity contribution in [1.29, 1.82) is 0 Å². The highest BCUT2D eigenvalue weighted by Crippen LogP contribution is 2.34. The molecule has 0 aliphatic carbocycles. The van der Waals surface area contributed by atoms with E-state index in [1.165, 1.54) is 6.26 Å². The predicted molar refractivity (Wildman–Crippen MR) is 97.2 cm³/mol. The van der Waals surface area contributed by atoms with E-state index in [4.69, 9.17) is 9.15 Å². The average molecular weight is 362 g/mol. The van der Waals surface area contributed by atoms with E-state index in [1.807, 2.05) is 20.8 Å². The molecule has 0 spiro atoms. The van der Waals surface area contributed by atoms with Gasteiger partial charge in [-0.05, 0) is 39.3 Å². The maximum Gasteiger partial charge on any atom is 0.410 e. The Morgan fingerprint density at radius 1 is 1.15 bits per heavy atom. The van der Waals surface area contributed by atoms with Crippen molar-refractivity contribution in [2.75, 3.05) is 26.2 Å². The summed E-state index contributed by atoms with van der Waals surface area (Å²) in [6.07, 6.45) is 1.81.